The van der Waals surface area contributed by atoms with E-state index in [4.69, 9.17) is 0 Å². The van der Waals surface area contributed by atoms with Crippen LogP contribution in [0.3, 0.4) is 0 Å². The first-order chi connectivity index (χ1) is 9.25. The normalized spacial score (nSPS) is 16.5. The minimum absolute atomic E-state index is 0.250. The second-order valence-corrected chi connectivity index (χ2v) is 5.91. The first-order valence-corrected chi connectivity index (χ1v) is 7.43. The molecule has 1 saturated carbocycles. The van der Waals surface area contributed by atoms with Crippen molar-refractivity contribution in [1.29, 1.82) is 0 Å². The zero-order valence-electron chi connectivity index (χ0n) is 10.9. The van der Waals surface area contributed by atoms with Gasteiger partial charge >= 0.3 is 0 Å². The summed E-state index contributed by atoms with van der Waals surface area (Å²) in [5, 5.41) is 8.00. The average molecular weight is 321 g/mol. The predicted molar refractivity (Wildman–Crippen MR) is 78.2 cm³/mol. The van der Waals surface area contributed by atoms with Crippen molar-refractivity contribution < 1.29 is 0 Å². The predicted octanol–water partition coefficient (Wildman–Crippen LogP) is 3.09. The molecule has 2 heterocycles. The maximum absolute atomic E-state index is 4.42. The molecule has 2 aromatic heterocycles. The Labute approximate surface area is 121 Å². The lowest BCUT2D eigenvalue weighted by molar-refractivity contribution is 0.522. The van der Waals surface area contributed by atoms with Crippen molar-refractivity contribution in [3.8, 4) is 5.82 Å². The fraction of sp³-hybridized carbons (Fsp3) is 0.429. The summed E-state index contributed by atoms with van der Waals surface area (Å²) in [7, 11) is 0. The van der Waals surface area contributed by atoms with E-state index in [0.29, 0.717) is 0 Å². The maximum atomic E-state index is 4.42. The van der Waals surface area contributed by atoms with E-state index < -0.39 is 0 Å². The molecule has 1 N–H and O–H groups in total. The highest BCUT2D eigenvalue weighted by Crippen LogP contribution is 2.30. The van der Waals surface area contributed by atoms with Crippen LogP contribution in [0.25, 0.3) is 5.82 Å². The minimum Gasteiger partial charge on any atom is -0.309 e. The number of halogens is 1. The van der Waals surface area contributed by atoms with Gasteiger partial charge in [0.2, 0.25) is 0 Å². The summed E-state index contributed by atoms with van der Waals surface area (Å²) < 4.78 is 2.92. The van der Waals surface area contributed by atoms with Crippen molar-refractivity contribution in [2.45, 2.75) is 25.8 Å². The van der Waals surface area contributed by atoms with Gasteiger partial charge in [-0.1, -0.05) is 6.07 Å². The van der Waals surface area contributed by atoms with Crippen molar-refractivity contribution in [3.63, 3.8) is 0 Å². The second kappa shape index (κ2) is 5.43. The standard InChI is InChI=1S/C14H17BrN4/c1-10(17-8-11-5-6-11)14-12(15)9-18-19(14)13-4-2-3-7-16-13/h2-4,7,9-11,17H,5-6,8H2,1H3. The Balaban J connectivity index is 1.85. The molecule has 0 spiro atoms. The first kappa shape index (κ1) is 12.8. The summed E-state index contributed by atoms with van der Waals surface area (Å²) >= 11 is 3.59. The van der Waals surface area contributed by atoms with Crippen LogP contribution >= 0.6 is 15.9 Å². The molecule has 3 rings (SSSR count). The fourth-order valence-corrected chi connectivity index (χ4v) is 2.75. The molecule has 0 radical (unpaired) electrons. The monoisotopic (exact) mass is 320 g/mol. The highest BCUT2D eigenvalue weighted by atomic mass is 79.9. The van der Waals surface area contributed by atoms with Crippen LogP contribution in [0, 0.1) is 5.92 Å². The zero-order chi connectivity index (χ0) is 13.2. The molecule has 1 fully saturated rings. The second-order valence-electron chi connectivity index (χ2n) is 5.05. The third-order valence-electron chi connectivity index (χ3n) is 3.45. The first-order valence-electron chi connectivity index (χ1n) is 6.64. The van der Waals surface area contributed by atoms with Crippen molar-refractivity contribution in [1.82, 2.24) is 20.1 Å². The third-order valence-corrected chi connectivity index (χ3v) is 4.06. The minimum atomic E-state index is 0.250. The summed E-state index contributed by atoms with van der Waals surface area (Å²) in [6.45, 7) is 3.25. The Bertz CT molecular complexity index is 548. The molecule has 1 aliphatic rings. The Morgan fingerprint density at radius 2 is 2.32 bits per heavy atom. The van der Waals surface area contributed by atoms with Crippen molar-refractivity contribution >= 4 is 15.9 Å². The van der Waals surface area contributed by atoms with E-state index >= 15 is 0 Å². The van der Waals surface area contributed by atoms with Gasteiger partial charge in [0.25, 0.3) is 0 Å². The lowest BCUT2D eigenvalue weighted by Gasteiger charge is -2.16. The molecule has 5 heteroatoms. The van der Waals surface area contributed by atoms with Crippen molar-refractivity contribution in [2.24, 2.45) is 5.92 Å². The van der Waals surface area contributed by atoms with E-state index in [0.717, 1.165) is 28.4 Å². The number of pyridine rings is 1. The topological polar surface area (TPSA) is 42.7 Å². The summed E-state index contributed by atoms with van der Waals surface area (Å²) in [5.74, 6) is 1.72. The van der Waals surface area contributed by atoms with Gasteiger partial charge in [-0.2, -0.15) is 5.10 Å². The SMILES string of the molecule is CC(NCC1CC1)c1c(Br)cnn1-c1ccccn1. The van der Waals surface area contributed by atoms with Crippen LogP contribution in [0.15, 0.2) is 35.1 Å². The van der Waals surface area contributed by atoms with Gasteiger partial charge in [0, 0.05) is 12.2 Å². The quantitative estimate of drug-likeness (QED) is 0.920. The molecular formula is C14H17BrN4. The van der Waals surface area contributed by atoms with E-state index in [-0.39, 0.29) is 6.04 Å². The van der Waals surface area contributed by atoms with E-state index in [2.05, 4.69) is 38.3 Å². The highest BCUT2D eigenvalue weighted by Gasteiger charge is 2.23. The Morgan fingerprint density at radius 3 is 3.00 bits per heavy atom. The Morgan fingerprint density at radius 1 is 1.47 bits per heavy atom. The summed E-state index contributed by atoms with van der Waals surface area (Å²) in [6, 6.07) is 6.11. The number of nitrogens with one attached hydrogen (secondary N) is 1. The van der Waals surface area contributed by atoms with Crippen LogP contribution in [0.2, 0.25) is 0 Å². The number of rotatable bonds is 5. The van der Waals surface area contributed by atoms with Gasteiger partial charge in [-0.3, -0.25) is 0 Å². The third kappa shape index (κ3) is 2.87. The van der Waals surface area contributed by atoms with Gasteiger partial charge in [0.05, 0.1) is 16.4 Å². The molecule has 0 bridgehead atoms. The van der Waals surface area contributed by atoms with E-state index in [1.807, 2.05) is 29.1 Å². The van der Waals surface area contributed by atoms with E-state index in [9.17, 15) is 0 Å². The molecule has 0 aromatic carbocycles. The van der Waals surface area contributed by atoms with Crippen molar-refractivity contribution in [3.05, 3.63) is 40.8 Å². The molecule has 1 atom stereocenters. The molecule has 1 aliphatic carbocycles. The average Bonchev–Trinajstić information content (AvgIpc) is 3.19. The number of nitrogens with zero attached hydrogens (tertiary/aromatic N) is 3. The maximum Gasteiger partial charge on any atom is 0.153 e. The lowest BCUT2D eigenvalue weighted by atomic mass is 10.2. The van der Waals surface area contributed by atoms with Crippen molar-refractivity contribution in [2.75, 3.05) is 6.54 Å². The van der Waals surface area contributed by atoms with Gasteiger partial charge < -0.3 is 5.32 Å². The van der Waals surface area contributed by atoms with E-state index in [1.54, 1.807) is 6.20 Å². The Kier molecular flexibility index (Phi) is 3.66. The number of hydrogen-bond acceptors (Lipinski definition) is 3. The van der Waals surface area contributed by atoms with E-state index in [1.165, 1.54) is 12.8 Å². The molecule has 2 aromatic rings. The molecule has 0 saturated heterocycles. The van der Waals surface area contributed by atoms with Crippen LogP contribution in [-0.2, 0) is 0 Å². The molecule has 1 unspecified atom stereocenters. The van der Waals surface area contributed by atoms with Crippen LogP contribution in [0.4, 0.5) is 0 Å². The van der Waals surface area contributed by atoms with Gasteiger partial charge in [0.1, 0.15) is 0 Å². The van der Waals surface area contributed by atoms with Gasteiger partial charge in [-0.05, 0) is 60.3 Å². The highest BCUT2D eigenvalue weighted by molar-refractivity contribution is 9.10. The van der Waals surface area contributed by atoms with Gasteiger partial charge in [-0.25, -0.2) is 9.67 Å². The number of aromatic nitrogens is 3. The fourth-order valence-electron chi connectivity index (χ4n) is 2.15. The molecular weight excluding hydrogens is 304 g/mol. The summed E-state index contributed by atoms with van der Waals surface area (Å²) in [4.78, 5) is 4.36. The number of hydrogen-bond donors (Lipinski definition) is 1. The lowest BCUT2D eigenvalue weighted by Crippen LogP contribution is -2.24. The van der Waals surface area contributed by atoms with Crippen LogP contribution in [-0.4, -0.2) is 21.3 Å². The largest absolute Gasteiger partial charge is 0.309 e. The van der Waals surface area contributed by atoms with Crippen LogP contribution < -0.4 is 5.32 Å². The molecule has 0 aliphatic heterocycles. The molecule has 4 nitrogen and oxygen atoms in total. The zero-order valence-corrected chi connectivity index (χ0v) is 12.5. The van der Waals surface area contributed by atoms with Gasteiger partial charge in [0.15, 0.2) is 5.82 Å². The van der Waals surface area contributed by atoms with Gasteiger partial charge in [-0.15, -0.1) is 0 Å². The summed E-state index contributed by atoms with van der Waals surface area (Å²) in [5.41, 5.74) is 1.12. The summed E-state index contributed by atoms with van der Waals surface area (Å²) in [6.07, 6.45) is 6.34. The molecule has 100 valence electrons. The molecule has 0 amide bonds. The smallest absolute Gasteiger partial charge is 0.153 e. The Hall–Kier alpha value is -1.20. The molecule has 19 heavy (non-hydrogen) atoms. The van der Waals surface area contributed by atoms with Crippen LogP contribution in [0.1, 0.15) is 31.5 Å². The van der Waals surface area contributed by atoms with Crippen LogP contribution in [0.5, 0.6) is 0 Å².